The number of benzene rings is 1. The first-order chi connectivity index (χ1) is 19.8. The Balaban J connectivity index is 1.95. The summed E-state index contributed by atoms with van der Waals surface area (Å²) >= 11 is -2.68. The van der Waals surface area contributed by atoms with Crippen molar-refractivity contribution in [3.63, 3.8) is 0 Å². The van der Waals surface area contributed by atoms with Gasteiger partial charge in [0.05, 0.1) is 20.8 Å². The maximum Gasteiger partial charge on any atom is 0.356 e. The number of allylic oxidation sites excluding steroid dienone is 1. The van der Waals surface area contributed by atoms with E-state index in [9.17, 15) is 13.6 Å². The van der Waals surface area contributed by atoms with Crippen molar-refractivity contribution in [3.8, 4) is 34.5 Å². The van der Waals surface area contributed by atoms with E-state index >= 15 is 0 Å². The molecule has 0 saturated heterocycles. The van der Waals surface area contributed by atoms with Crippen LogP contribution < -0.4 is 18.5 Å². The second kappa shape index (κ2) is 13.0. The van der Waals surface area contributed by atoms with Crippen LogP contribution in [0.2, 0.25) is 0 Å². The molecule has 0 saturated carbocycles. The Bertz CT molecular complexity index is 1600. The number of rotatable bonds is 11. The lowest BCUT2D eigenvalue weighted by atomic mass is 10.1. The smallest absolute Gasteiger partial charge is 0.356 e. The summed E-state index contributed by atoms with van der Waals surface area (Å²) in [6.45, 7) is 7.57. The highest BCUT2D eigenvalue weighted by Crippen LogP contribution is 2.44. The Labute approximate surface area is 239 Å². The van der Waals surface area contributed by atoms with E-state index in [1.54, 1.807) is 49.4 Å². The quantitative estimate of drug-likeness (QED) is 0.185. The number of carbonyl (C=O) groups is 1. The molecule has 0 aliphatic rings. The van der Waals surface area contributed by atoms with E-state index in [0.717, 1.165) is 15.4 Å². The van der Waals surface area contributed by atoms with Crippen LogP contribution in [0.3, 0.4) is 0 Å². The van der Waals surface area contributed by atoms with Crippen LogP contribution in [0.4, 0.5) is 11.6 Å². The molecule has 3 heterocycles. The summed E-state index contributed by atoms with van der Waals surface area (Å²) in [5.74, 6) is -0.151. The number of anilines is 2. The lowest BCUT2D eigenvalue weighted by Gasteiger charge is -2.23. The molecule has 0 aliphatic heterocycles. The average Bonchev–Trinajstić information content (AvgIpc) is 2.98. The molecule has 3 aromatic heterocycles. The van der Waals surface area contributed by atoms with Crippen molar-refractivity contribution in [1.29, 1.82) is 0 Å². The Hall–Kier alpha value is -4.88. The maximum absolute atomic E-state index is 12.8. The van der Waals surface area contributed by atoms with Crippen molar-refractivity contribution in [2.75, 3.05) is 25.1 Å². The van der Waals surface area contributed by atoms with Crippen LogP contribution in [0.15, 0.2) is 67.5 Å². The molecule has 4 aromatic rings. The number of methoxy groups -OCH3 is 2. The molecule has 0 fully saturated rings. The normalized spacial score (nSPS) is 11.3. The minimum Gasteiger partial charge on any atom is -0.493 e. The molecule has 0 amide bonds. The summed E-state index contributed by atoms with van der Waals surface area (Å²) < 4.78 is 46.5. The van der Waals surface area contributed by atoms with Crippen molar-refractivity contribution in [2.45, 2.75) is 13.8 Å². The summed E-state index contributed by atoms with van der Waals surface area (Å²) in [6, 6.07) is 13.1. The zero-order valence-corrected chi connectivity index (χ0v) is 23.5. The first-order valence-electron chi connectivity index (χ1n) is 12.2. The standard InChI is InChI=1S/C28H27N5O7S/c1-6-39-28(34)20-15-18(13-14-29-20)25-31-26(33(41(35)36)23-12-11-19(16-30-23)17(2)3)24(27(32-25)38-5)40-22-10-8-7-9-21(22)37-4/h7-16H,2,6H2,1,3-5H3,(H,35,36). The molecule has 4 rings (SSSR count). The van der Waals surface area contributed by atoms with Gasteiger partial charge in [0.25, 0.3) is 17.1 Å². The lowest BCUT2D eigenvalue weighted by Crippen LogP contribution is -2.23. The molecule has 0 bridgehead atoms. The molecule has 1 aromatic carbocycles. The van der Waals surface area contributed by atoms with Gasteiger partial charge in [-0.2, -0.15) is 9.29 Å². The van der Waals surface area contributed by atoms with E-state index in [1.807, 2.05) is 6.92 Å². The molecule has 1 atom stereocenters. The van der Waals surface area contributed by atoms with Crippen molar-refractivity contribution in [1.82, 2.24) is 19.9 Å². The molecule has 1 unspecified atom stereocenters. The van der Waals surface area contributed by atoms with E-state index in [4.69, 9.17) is 18.9 Å². The van der Waals surface area contributed by atoms with Gasteiger partial charge in [0.2, 0.25) is 5.75 Å². The number of hydrogen-bond acceptors (Lipinski definition) is 10. The van der Waals surface area contributed by atoms with Gasteiger partial charge in [-0.25, -0.2) is 24.0 Å². The molecule has 12 nitrogen and oxygen atoms in total. The zero-order chi connectivity index (χ0) is 29.5. The number of hydrogen-bond donors (Lipinski definition) is 1. The van der Waals surface area contributed by atoms with Gasteiger partial charge >= 0.3 is 5.97 Å². The highest BCUT2D eigenvalue weighted by molar-refractivity contribution is 7.81. The van der Waals surface area contributed by atoms with E-state index in [0.29, 0.717) is 11.3 Å². The van der Waals surface area contributed by atoms with Gasteiger partial charge in [-0.05, 0) is 61.4 Å². The molecule has 0 radical (unpaired) electrons. The highest BCUT2D eigenvalue weighted by Gasteiger charge is 2.29. The van der Waals surface area contributed by atoms with Gasteiger partial charge < -0.3 is 18.9 Å². The number of carbonyl (C=O) groups excluding carboxylic acids is 1. The van der Waals surface area contributed by atoms with Crippen LogP contribution in [-0.2, 0) is 16.0 Å². The summed E-state index contributed by atoms with van der Waals surface area (Å²) in [5.41, 5.74) is 1.90. The summed E-state index contributed by atoms with van der Waals surface area (Å²) in [4.78, 5) is 29.8. The first kappa shape index (κ1) is 29.1. The van der Waals surface area contributed by atoms with Gasteiger partial charge in [-0.3, -0.25) is 4.55 Å². The zero-order valence-electron chi connectivity index (χ0n) is 22.7. The predicted octanol–water partition coefficient (Wildman–Crippen LogP) is 5.23. The SMILES string of the molecule is C=C(C)c1ccc(N(c2nc(-c3ccnc(C(=O)OCC)c3)nc(OC)c2Oc2ccccc2OC)S(=O)O)nc1. The summed E-state index contributed by atoms with van der Waals surface area (Å²) in [6.07, 6.45) is 2.92. The summed E-state index contributed by atoms with van der Waals surface area (Å²) in [7, 11) is 2.84. The third-order valence-corrected chi connectivity index (χ3v) is 6.26. The van der Waals surface area contributed by atoms with Crippen LogP contribution in [0, 0.1) is 0 Å². The maximum atomic E-state index is 12.8. The molecule has 0 spiro atoms. The summed E-state index contributed by atoms with van der Waals surface area (Å²) in [5, 5.41) is 0. The molecule has 0 aliphatic carbocycles. The van der Waals surface area contributed by atoms with E-state index in [1.165, 1.54) is 32.7 Å². The minimum atomic E-state index is -2.68. The fourth-order valence-corrected chi connectivity index (χ4v) is 4.17. The van der Waals surface area contributed by atoms with Gasteiger partial charge in [0.1, 0.15) is 11.5 Å². The largest absolute Gasteiger partial charge is 0.493 e. The van der Waals surface area contributed by atoms with Crippen LogP contribution >= 0.6 is 0 Å². The van der Waals surface area contributed by atoms with E-state index in [2.05, 4.69) is 26.5 Å². The van der Waals surface area contributed by atoms with Crippen LogP contribution in [-0.4, -0.2) is 55.5 Å². The van der Waals surface area contributed by atoms with Crippen molar-refractivity contribution < 1.29 is 32.5 Å². The Morgan fingerprint density at radius 1 is 1.05 bits per heavy atom. The van der Waals surface area contributed by atoms with Crippen LogP contribution in [0.25, 0.3) is 17.0 Å². The van der Waals surface area contributed by atoms with Crippen LogP contribution in [0.1, 0.15) is 29.9 Å². The molecule has 13 heteroatoms. The Morgan fingerprint density at radius 3 is 2.41 bits per heavy atom. The Kier molecular flexibility index (Phi) is 9.22. The number of aromatic nitrogens is 4. The van der Waals surface area contributed by atoms with Gasteiger partial charge in [-0.15, -0.1) is 0 Å². The molecule has 212 valence electrons. The fourth-order valence-electron chi connectivity index (χ4n) is 3.63. The van der Waals surface area contributed by atoms with Gasteiger partial charge in [-0.1, -0.05) is 18.7 Å². The highest BCUT2D eigenvalue weighted by atomic mass is 32.2. The monoisotopic (exact) mass is 577 g/mol. The second-order valence-corrected chi connectivity index (χ2v) is 9.15. The van der Waals surface area contributed by atoms with E-state index in [-0.39, 0.29) is 47.1 Å². The second-order valence-electron chi connectivity index (χ2n) is 8.32. The first-order valence-corrected chi connectivity index (χ1v) is 13.3. The minimum absolute atomic E-state index is 0.0301. The van der Waals surface area contributed by atoms with Crippen molar-refractivity contribution >= 4 is 34.4 Å². The van der Waals surface area contributed by atoms with Gasteiger partial charge in [0.15, 0.2) is 23.1 Å². The molecular weight excluding hydrogens is 550 g/mol. The average molecular weight is 578 g/mol. The number of pyridine rings is 2. The van der Waals surface area contributed by atoms with Crippen LogP contribution in [0.5, 0.6) is 23.1 Å². The Morgan fingerprint density at radius 2 is 1.80 bits per heavy atom. The number of nitrogens with zero attached hydrogens (tertiary/aromatic N) is 5. The van der Waals surface area contributed by atoms with E-state index < -0.39 is 17.2 Å². The number of ether oxygens (including phenoxy) is 4. The lowest BCUT2D eigenvalue weighted by molar-refractivity contribution is 0.0519. The number of para-hydroxylation sites is 2. The molecular formula is C28H27N5O7S. The molecule has 41 heavy (non-hydrogen) atoms. The number of esters is 1. The topological polar surface area (TPSA) is 146 Å². The fraction of sp³-hybridized carbons (Fsp3) is 0.179. The predicted molar refractivity (Wildman–Crippen MR) is 153 cm³/mol. The van der Waals surface area contributed by atoms with Gasteiger partial charge in [0, 0.05) is 18.0 Å². The third kappa shape index (κ3) is 6.48. The van der Waals surface area contributed by atoms with Crippen molar-refractivity contribution in [3.05, 3.63) is 78.8 Å². The van der Waals surface area contributed by atoms with Crippen molar-refractivity contribution in [2.24, 2.45) is 0 Å². The third-order valence-electron chi connectivity index (χ3n) is 5.59. The molecule has 1 N–H and O–H groups in total.